The van der Waals surface area contributed by atoms with E-state index in [1.54, 1.807) is 0 Å². The quantitative estimate of drug-likeness (QED) is 0.0407. The first-order valence-corrected chi connectivity index (χ1v) is 26.0. The maximum absolute atomic E-state index is 11.2. The van der Waals surface area contributed by atoms with E-state index in [4.69, 9.17) is 18.8 Å². The van der Waals surface area contributed by atoms with Crippen LogP contribution in [0.5, 0.6) is 17.2 Å². The molecule has 9 heteroatoms. The Labute approximate surface area is 357 Å². The Hall–Kier alpha value is -2.26. The summed E-state index contributed by atoms with van der Waals surface area (Å²) < 4.78 is 55.4. The fourth-order valence-corrected chi connectivity index (χ4v) is 8.18. The number of rotatable bonds is 42. The highest BCUT2D eigenvalue weighted by Gasteiger charge is 2.18. The Morgan fingerprint density at radius 2 is 0.879 bits per heavy atom. The molecule has 0 saturated heterocycles. The van der Waals surface area contributed by atoms with Crippen LogP contribution in [0, 0.1) is 0 Å². The number of unbranched alkanes of at least 4 members (excludes halogenated alkanes) is 27. The zero-order valence-corrected chi connectivity index (χ0v) is 38.7. The monoisotopic (exact) mass is 834 g/mol. The van der Waals surface area contributed by atoms with E-state index < -0.39 is 10.1 Å². The number of benzene rings is 1. The van der Waals surface area contributed by atoms with E-state index in [9.17, 15) is 8.42 Å². The molecule has 0 unspecified atom stereocenters. The van der Waals surface area contributed by atoms with Gasteiger partial charge in [-0.25, -0.2) is 9.13 Å². The van der Waals surface area contributed by atoms with Crippen LogP contribution >= 0.6 is 0 Å². The van der Waals surface area contributed by atoms with Gasteiger partial charge in [-0.05, 0) is 31.4 Å². The maximum atomic E-state index is 11.2. The molecule has 0 atom stereocenters. The van der Waals surface area contributed by atoms with Gasteiger partial charge in [-0.15, -0.1) is 0 Å². The minimum absolute atomic E-state index is 0.245. The first-order valence-electron chi connectivity index (χ1n) is 24.4. The lowest BCUT2D eigenvalue weighted by atomic mass is 10.1. The molecule has 1 N–H and O–H groups in total. The van der Waals surface area contributed by atoms with Crippen LogP contribution in [0.4, 0.5) is 0 Å². The summed E-state index contributed by atoms with van der Waals surface area (Å²) in [5.74, 6) is 2.04. The van der Waals surface area contributed by atoms with E-state index in [1.807, 2.05) is 23.3 Å². The number of imidazole rings is 1. The standard InChI is InChI=1S/C49H88N2O6S/c1-4-7-10-13-16-19-22-25-28-31-38-55-47-42-46(44-51-37-36-50(45-51)35-34-41-58(52,53)54)43-48(56-39-32-29-26-23-20-17-14-11-8-5-2)49(47)57-40-33-30-27-24-21-18-15-12-9-6-3/h36-37,42-43,45H,4-35,38-41,44H2,1-3H3/p+1. The average molecular weight is 834 g/mol. The van der Waals surface area contributed by atoms with E-state index >= 15 is 0 Å². The van der Waals surface area contributed by atoms with Crippen molar-refractivity contribution < 1.29 is 31.7 Å². The van der Waals surface area contributed by atoms with Crippen molar-refractivity contribution in [3.8, 4) is 17.2 Å². The molecule has 0 aliphatic heterocycles. The molecule has 2 rings (SSSR count). The SMILES string of the molecule is CCCCCCCCCCCCOc1cc(C[n+]2ccn(CCCS(=O)(=O)O)c2)cc(OCCCCCCCCCCCC)c1OCCCCCCCCCCCC. The molecule has 1 aromatic carbocycles. The third-order valence-corrected chi connectivity index (χ3v) is 12.1. The molecule has 0 aliphatic rings. The first kappa shape index (κ1) is 51.9. The molecule has 336 valence electrons. The molecule has 1 aromatic heterocycles. The number of nitrogens with zero attached hydrogens (tertiary/aromatic N) is 2. The molecule has 0 amide bonds. The number of hydrogen-bond donors (Lipinski definition) is 1. The van der Waals surface area contributed by atoms with Crippen LogP contribution in [-0.4, -0.2) is 43.1 Å². The summed E-state index contributed by atoms with van der Waals surface area (Å²) in [4.78, 5) is 0. The summed E-state index contributed by atoms with van der Waals surface area (Å²) in [5, 5.41) is 0. The molecule has 0 radical (unpaired) electrons. The van der Waals surface area contributed by atoms with E-state index in [-0.39, 0.29) is 5.75 Å². The van der Waals surface area contributed by atoms with Crippen molar-refractivity contribution in [1.82, 2.24) is 4.57 Å². The molecule has 2 aromatic rings. The lowest BCUT2D eigenvalue weighted by Gasteiger charge is -2.19. The molecule has 0 aliphatic carbocycles. The Morgan fingerprint density at radius 3 is 1.26 bits per heavy atom. The maximum Gasteiger partial charge on any atom is 0.265 e. The third-order valence-electron chi connectivity index (χ3n) is 11.3. The second-order valence-electron chi connectivity index (χ2n) is 17.0. The summed E-state index contributed by atoms with van der Waals surface area (Å²) >= 11 is 0. The Balaban J connectivity index is 2.08. The summed E-state index contributed by atoms with van der Waals surface area (Å²) in [7, 11) is -3.97. The smallest absolute Gasteiger partial charge is 0.265 e. The Morgan fingerprint density at radius 1 is 0.517 bits per heavy atom. The summed E-state index contributed by atoms with van der Waals surface area (Å²) in [5.41, 5.74) is 1.07. The second-order valence-corrected chi connectivity index (χ2v) is 18.5. The highest BCUT2D eigenvalue weighted by Crippen LogP contribution is 2.40. The minimum atomic E-state index is -3.97. The van der Waals surface area contributed by atoms with Crippen LogP contribution in [0.2, 0.25) is 0 Å². The van der Waals surface area contributed by atoms with Gasteiger partial charge in [0, 0.05) is 12.0 Å². The van der Waals surface area contributed by atoms with E-state index in [0.29, 0.717) is 39.3 Å². The largest absolute Gasteiger partial charge is 0.490 e. The topological polar surface area (TPSA) is 90.9 Å². The van der Waals surface area contributed by atoms with E-state index in [2.05, 4.69) is 37.5 Å². The van der Waals surface area contributed by atoms with Gasteiger partial charge in [-0.1, -0.05) is 194 Å². The molecular formula is C49H89N2O6S+. The van der Waals surface area contributed by atoms with Gasteiger partial charge in [0.1, 0.15) is 18.9 Å². The van der Waals surface area contributed by atoms with Gasteiger partial charge >= 0.3 is 0 Å². The molecule has 0 saturated carbocycles. The number of aromatic nitrogens is 2. The zero-order valence-electron chi connectivity index (χ0n) is 37.8. The molecule has 58 heavy (non-hydrogen) atoms. The first-order chi connectivity index (χ1) is 28.4. The molecule has 0 bridgehead atoms. The van der Waals surface area contributed by atoms with Crippen LogP contribution in [-0.2, 0) is 23.2 Å². The normalized spacial score (nSPS) is 11.7. The third kappa shape index (κ3) is 28.3. The van der Waals surface area contributed by atoms with Crippen molar-refractivity contribution >= 4 is 10.1 Å². The van der Waals surface area contributed by atoms with Gasteiger partial charge in [-0.3, -0.25) is 4.55 Å². The Bertz CT molecular complexity index is 1300. The van der Waals surface area contributed by atoms with Crippen molar-refractivity contribution in [3.63, 3.8) is 0 Å². The molecule has 0 spiro atoms. The van der Waals surface area contributed by atoms with Crippen LogP contribution in [0.15, 0.2) is 30.9 Å². The highest BCUT2D eigenvalue weighted by molar-refractivity contribution is 7.85. The second kappa shape index (κ2) is 35.5. The van der Waals surface area contributed by atoms with Gasteiger partial charge < -0.3 is 14.2 Å². The number of ether oxygens (including phenoxy) is 3. The molecule has 8 nitrogen and oxygen atoms in total. The van der Waals surface area contributed by atoms with Gasteiger partial charge in [-0.2, -0.15) is 8.42 Å². The van der Waals surface area contributed by atoms with Crippen molar-refractivity contribution in [1.29, 1.82) is 0 Å². The minimum Gasteiger partial charge on any atom is -0.490 e. The molecular weight excluding hydrogens is 745 g/mol. The summed E-state index contributed by atoms with van der Waals surface area (Å²) in [6.07, 6.45) is 44.9. The lowest BCUT2D eigenvalue weighted by Crippen LogP contribution is -2.31. The molecule has 1 heterocycles. The van der Waals surface area contributed by atoms with Crippen LogP contribution in [0.3, 0.4) is 0 Å². The van der Waals surface area contributed by atoms with Crippen LogP contribution in [0.25, 0.3) is 0 Å². The zero-order chi connectivity index (χ0) is 41.8. The van der Waals surface area contributed by atoms with E-state index in [1.165, 1.54) is 173 Å². The summed E-state index contributed by atoms with van der Waals surface area (Å²) in [6, 6.07) is 4.25. The van der Waals surface area contributed by atoms with Gasteiger partial charge in [0.05, 0.1) is 32.1 Å². The van der Waals surface area contributed by atoms with Crippen molar-refractivity contribution in [3.05, 3.63) is 36.4 Å². The van der Waals surface area contributed by atoms with Gasteiger partial charge in [0.25, 0.3) is 10.1 Å². The predicted octanol–water partition coefficient (Wildman–Crippen LogP) is 14.0. The van der Waals surface area contributed by atoms with Crippen LogP contribution in [0.1, 0.15) is 225 Å². The van der Waals surface area contributed by atoms with Crippen molar-refractivity contribution in [2.24, 2.45) is 0 Å². The number of hydrogen-bond acceptors (Lipinski definition) is 5. The highest BCUT2D eigenvalue weighted by atomic mass is 32.2. The number of aryl methyl sites for hydroxylation is 1. The van der Waals surface area contributed by atoms with Crippen LogP contribution < -0.4 is 18.8 Å². The predicted molar refractivity (Wildman–Crippen MR) is 243 cm³/mol. The average Bonchev–Trinajstić information content (AvgIpc) is 3.64. The van der Waals surface area contributed by atoms with Gasteiger partial charge in [0.2, 0.25) is 12.1 Å². The summed E-state index contributed by atoms with van der Waals surface area (Å²) in [6.45, 7) is 9.93. The van der Waals surface area contributed by atoms with E-state index in [0.717, 1.165) is 42.1 Å². The fourth-order valence-electron chi connectivity index (χ4n) is 7.69. The Kier molecular flexibility index (Phi) is 31.7. The van der Waals surface area contributed by atoms with Crippen molar-refractivity contribution in [2.45, 2.75) is 233 Å². The lowest BCUT2D eigenvalue weighted by molar-refractivity contribution is -0.687. The van der Waals surface area contributed by atoms with Gasteiger partial charge in [0.15, 0.2) is 11.5 Å². The fraction of sp³-hybridized carbons (Fsp3) is 0.816. The van der Waals surface area contributed by atoms with Crippen molar-refractivity contribution in [2.75, 3.05) is 25.6 Å². The molecule has 0 fully saturated rings.